The van der Waals surface area contributed by atoms with E-state index in [2.05, 4.69) is 28.8 Å². The molecule has 0 radical (unpaired) electrons. The van der Waals surface area contributed by atoms with Crippen LogP contribution in [0.2, 0.25) is 0 Å². The molecule has 74 valence electrons. The number of piperidine rings is 1. The van der Waals surface area contributed by atoms with Crippen molar-refractivity contribution in [2.75, 3.05) is 27.2 Å². The summed E-state index contributed by atoms with van der Waals surface area (Å²) in [5.74, 6) is 0. The molecule has 1 aliphatic rings. The Morgan fingerprint density at radius 1 is 1.46 bits per heavy atom. The average molecular weight is 182 g/mol. The van der Waals surface area contributed by atoms with Gasteiger partial charge in [0.15, 0.2) is 0 Å². The maximum Gasteiger partial charge on any atom is 0.106 e. The third-order valence-electron chi connectivity index (χ3n) is 2.46. The monoisotopic (exact) mass is 182 g/mol. The van der Waals surface area contributed by atoms with Crippen LogP contribution in [0, 0.1) is 0 Å². The third-order valence-corrected chi connectivity index (χ3v) is 2.46. The fourth-order valence-corrected chi connectivity index (χ4v) is 1.62. The van der Waals surface area contributed by atoms with E-state index in [1.165, 1.54) is 0 Å². The van der Waals surface area contributed by atoms with Crippen molar-refractivity contribution in [1.82, 2.24) is 9.91 Å². The van der Waals surface area contributed by atoms with Gasteiger partial charge < -0.3 is 4.90 Å². The molecule has 0 aliphatic carbocycles. The lowest BCUT2D eigenvalue weighted by atomic mass is 10.1. The topological polar surface area (TPSA) is 31.2 Å². The van der Waals surface area contributed by atoms with Gasteiger partial charge in [-0.2, -0.15) is 5.10 Å². The molecule has 0 aromatic rings. The zero-order valence-corrected chi connectivity index (χ0v) is 8.48. The van der Waals surface area contributed by atoms with Gasteiger partial charge in [-0.1, -0.05) is 0 Å². The minimum atomic E-state index is 0.484. The van der Waals surface area contributed by atoms with Crippen LogP contribution in [0.4, 0.5) is 0 Å². The lowest BCUT2D eigenvalue weighted by Gasteiger charge is -2.32. The van der Waals surface area contributed by atoms with Crippen LogP contribution in [0.15, 0.2) is 10.1 Å². The molecule has 13 heavy (non-hydrogen) atoms. The molecule has 0 aromatic carbocycles. The highest BCUT2D eigenvalue weighted by molar-refractivity contribution is 5.55. The Hall–Kier alpha value is -0.900. The number of nitrogens with zero attached hydrogens (tertiary/aromatic N) is 4. The second-order valence-corrected chi connectivity index (χ2v) is 3.43. The molecule has 0 saturated carbocycles. The molecule has 4 heteroatoms. The minimum Gasteiger partial charge on any atom is -0.306 e. The Labute approximate surface area is 79.9 Å². The maximum atomic E-state index is 3.95. The van der Waals surface area contributed by atoms with Crippen molar-refractivity contribution in [3.63, 3.8) is 0 Å². The fourth-order valence-electron chi connectivity index (χ4n) is 1.62. The van der Waals surface area contributed by atoms with Crippen LogP contribution < -0.4 is 0 Å². The maximum absolute atomic E-state index is 3.95. The van der Waals surface area contributed by atoms with Crippen molar-refractivity contribution in [2.24, 2.45) is 10.1 Å². The normalized spacial score (nSPS) is 20.8. The van der Waals surface area contributed by atoms with Crippen molar-refractivity contribution < 1.29 is 0 Å². The van der Waals surface area contributed by atoms with Crippen LogP contribution in [0.5, 0.6) is 0 Å². The van der Waals surface area contributed by atoms with Crippen LogP contribution in [-0.2, 0) is 0 Å². The Morgan fingerprint density at radius 3 is 2.54 bits per heavy atom. The summed E-state index contributed by atoms with van der Waals surface area (Å²) in [5, 5.41) is 5.81. The van der Waals surface area contributed by atoms with E-state index < -0.39 is 0 Å². The predicted octanol–water partition coefficient (Wildman–Crippen LogP) is 0.656. The van der Waals surface area contributed by atoms with E-state index in [1.807, 2.05) is 5.01 Å². The van der Waals surface area contributed by atoms with E-state index >= 15 is 0 Å². The van der Waals surface area contributed by atoms with E-state index in [-0.39, 0.29) is 0 Å². The molecular formula is C9H18N4. The van der Waals surface area contributed by atoms with E-state index in [0.717, 1.165) is 25.9 Å². The summed E-state index contributed by atoms with van der Waals surface area (Å²) < 4.78 is 0. The first kappa shape index (κ1) is 10.2. The number of hydrogen-bond donors (Lipinski definition) is 0. The van der Waals surface area contributed by atoms with Gasteiger partial charge in [-0.05, 0) is 33.0 Å². The third kappa shape index (κ3) is 2.81. The number of hydrazone groups is 1. The molecule has 1 aliphatic heterocycles. The van der Waals surface area contributed by atoms with Gasteiger partial charge in [0.1, 0.15) is 6.34 Å². The number of likely N-dealkylation sites (tertiary alicyclic amines) is 1. The molecule has 1 saturated heterocycles. The predicted molar refractivity (Wildman–Crippen MR) is 56.3 cm³/mol. The highest BCUT2D eigenvalue weighted by atomic mass is 15.5. The second kappa shape index (κ2) is 4.97. The summed E-state index contributed by atoms with van der Waals surface area (Å²) >= 11 is 0. The van der Waals surface area contributed by atoms with Crippen molar-refractivity contribution in [3.05, 3.63) is 0 Å². The Balaban J connectivity index is 2.45. The van der Waals surface area contributed by atoms with Crippen LogP contribution in [0.1, 0.15) is 12.8 Å². The molecule has 1 rings (SSSR count). The summed E-state index contributed by atoms with van der Waals surface area (Å²) in [6, 6.07) is 0.484. The Bertz CT molecular complexity index is 182. The molecule has 0 spiro atoms. The highest BCUT2D eigenvalue weighted by Crippen LogP contribution is 2.14. The smallest absolute Gasteiger partial charge is 0.106 e. The first-order chi connectivity index (χ1) is 6.27. The van der Waals surface area contributed by atoms with Gasteiger partial charge in [0.25, 0.3) is 0 Å². The SMILES string of the molecule is C=NN(C=NC)C1CCN(C)CC1. The molecule has 4 nitrogen and oxygen atoms in total. The second-order valence-electron chi connectivity index (χ2n) is 3.43. The van der Waals surface area contributed by atoms with Gasteiger partial charge in [-0.25, -0.2) is 0 Å². The number of rotatable bonds is 3. The lowest BCUT2D eigenvalue weighted by Crippen LogP contribution is -2.40. The van der Waals surface area contributed by atoms with Gasteiger partial charge in [0, 0.05) is 13.8 Å². The summed E-state index contributed by atoms with van der Waals surface area (Å²) in [5.41, 5.74) is 0. The Kier molecular flexibility index (Phi) is 3.89. The molecule has 0 N–H and O–H groups in total. The summed E-state index contributed by atoms with van der Waals surface area (Å²) in [4.78, 5) is 6.29. The highest BCUT2D eigenvalue weighted by Gasteiger charge is 2.20. The number of aliphatic imine (C=N–C) groups is 1. The molecule has 0 unspecified atom stereocenters. The van der Waals surface area contributed by atoms with Gasteiger partial charge in [-0.15, -0.1) is 0 Å². The van der Waals surface area contributed by atoms with E-state index in [1.54, 1.807) is 13.4 Å². The Morgan fingerprint density at radius 2 is 2.08 bits per heavy atom. The molecule has 1 fully saturated rings. The molecule has 0 bridgehead atoms. The first-order valence-corrected chi connectivity index (χ1v) is 4.63. The molecular weight excluding hydrogens is 164 g/mol. The quantitative estimate of drug-likeness (QED) is 0.365. The van der Waals surface area contributed by atoms with Gasteiger partial charge in [0.2, 0.25) is 0 Å². The molecule has 0 aromatic heterocycles. The summed E-state index contributed by atoms with van der Waals surface area (Å²) in [6.45, 7) is 5.81. The van der Waals surface area contributed by atoms with Gasteiger partial charge >= 0.3 is 0 Å². The summed E-state index contributed by atoms with van der Waals surface area (Å²) in [6.07, 6.45) is 4.03. The largest absolute Gasteiger partial charge is 0.306 e. The van der Waals surface area contributed by atoms with Crippen molar-refractivity contribution in [2.45, 2.75) is 18.9 Å². The van der Waals surface area contributed by atoms with Gasteiger partial charge in [0.05, 0.1) is 6.04 Å². The minimum absolute atomic E-state index is 0.484. The van der Waals surface area contributed by atoms with Crippen LogP contribution >= 0.6 is 0 Å². The lowest BCUT2D eigenvalue weighted by molar-refractivity contribution is 0.183. The zero-order valence-electron chi connectivity index (χ0n) is 8.48. The fraction of sp³-hybridized carbons (Fsp3) is 0.778. The van der Waals surface area contributed by atoms with E-state index in [0.29, 0.717) is 6.04 Å². The molecule has 0 amide bonds. The summed E-state index contributed by atoms with van der Waals surface area (Å²) in [7, 11) is 3.91. The first-order valence-electron chi connectivity index (χ1n) is 4.63. The average Bonchev–Trinajstić information content (AvgIpc) is 2.16. The van der Waals surface area contributed by atoms with Crippen molar-refractivity contribution in [1.29, 1.82) is 0 Å². The molecule has 0 atom stereocenters. The zero-order chi connectivity index (χ0) is 9.68. The van der Waals surface area contributed by atoms with Crippen LogP contribution in [0.25, 0.3) is 0 Å². The van der Waals surface area contributed by atoms with Crippen LogP contribution in [0.3, 0.4) is 0 Å². The standard InChI is InChI=1S/C9H18N4/c1-10-8-13(11-2)9-4-6-12(3)7-5-9/h8-9H,2,4-7H2,1,3H3. The van der Waals surface area contributed by atoms with E-state index in [4.69, 9.17) is 0 Å². The van der Waals surface area contributed by atoms with E-state index in [9.17, 15) is 0 Å². The van der Waals surface area contributed by atoms with Crippen LogP contribution in [-0.4, -0.2) is 56.2 Å². The van der Waals surface area contributed by atoms with Crippen molar-refractivity contribution >= 4 is 13.1 Å². The van der Waals surface area contributed by atoms with Gasteiger partial charge in [-0.3, -0.25) is 10.0 Å². The molecule has 1 heterocycles. The van der Waals surface area contributed by atoms with Crippen molar-refractivity contribution in [3.8, 4) is 0 Å². The number of hydrogen-bond acceptors (Lipinski definition) is 3.